The van der Waals surface area contributed by atoms with Gasteiger partial charge in [-0.3, -0.25) is 4.57 Å². The normalized spacial score (nSPS) is 11.1. The van der Waals surface area contributed by atoms with Gasteiger partial charge in [0.2, 0.25) is 5.89 Å². The smallest absolute Gasteiger partial charge is 0.253 e. The number of nitrogens with zero attached hydrogens (tertiary/aromatic N) is 6. The summed E-state index contributed by atoms with van der Waals surface area (Å²) in [6, 6.07) is 17.4. The topological polar surface area (TPSA) is 105 Å². The summed E-state index contributed by atoms with van der Waals surface area (Å²) in [5, 5.41) is 21.5. The number of hydrogen-bond acceptors (Lipinski definition) is 9. The van der Waals surface area contributed by atoms with Crippen LogP contribution in [0.3, 0.4) is 0 Å². The van der Waals surface area contributed by atoms with Crippen molar-refractivity contribution in [2.24, 2.45) is 0 Å². The van der Waals surface area contributed by atoms with Gasteiger partial charge < -0.3 is 13.7 Å². The predicted molar refractivity (Wildman–Crippen MR) is 117 cm³/mol. The first-order valence-electron chi connectivity index (χ1n) is 9.75. The fraction of sp³-hybridized carbons (Fsp3) is 0.136. The second kappa shape index (κ2) is 8.67. The van der Waals surface area contributed by atoms with E-state index in [2.05, 4.69) is 25.6 Å². The van der Waals surface area contributed by atoms with Crippen LogP contribution in [0.15, 0.2) is 75.0 Å². The number of methoxy groups -OCH3 is 1. The molecule has 0 saturated heterocycles. The van der Waals surface area contributed by atoms with Gasteiger partial charge in [0.15, 0.2) is 5.16 Å². The lowest BCUT2D eigenvalue weighted by molar-refractivity contribution is 0.399. The molecule has 10 heteroatoms. The lowest BCUT2D eigenvalue weighted by Crippen LogP contribution is -1.98. The molecule has 0 fully saturated rings. The lowest BCUT2D eigenvalue weighted by atomic mass is 10.1. The highest BCUT2D eigenvalue weighted by Gasteiger charge is 2.22. The molecule has 0 aliphatic heterocycles. The third-order valence-corrected chi connectivity index (χ3v) is 5.70. The maximum atomic E-state index is 5.93. The van der Waals surface area contributed by atoms with Gasteiger partial charge in [0.25, 0.3) is 5.89 Å². The van der Waals surface area contributed by atoms with E-state index < -0.39 is 0 Å². The third-order valence-electron chi connectivity index (χ3n) is 4.78. The number of thioether (sulfide) groups is 1. The molecule has 0 N–H and O–H groups in total. The van der Waals surface area contributed by atoms with Crippen LogP contribution < -0.4 is 4.74 Å². The number of aryl methyl sites for hydroxylation is 1. The summed E-state index contributed by atoms with van der Waals surface area (Å²) in [7, 11) is 1.63. The molecule has 0 spiro atoms. The molecular formula is C22H18N6O3S. The fourth-order valence-electron chi connectivity index (χ4n) is 3.27. The predicted octanol–water partition coefficient (Wildman–Crippen LogP) is 4.58. The maximum absolute atomic E-state index is 5.93. The number of rotatable bonds is 7. The van der Waals surface area contributed by atoms with Crippen LogP contribution in [-0.2, 0) is 5.75 Å². The van der Waals surface area contributed by atoms with Gasteiger partial charge in [-0.25, -0.2) is 0 Å². The molecule has 0 aliphatic carbocycles. The van der Waals surface area contributed by atoms with E-state index >= 15 is 0 Å². The van der Waals surface area contributed by atoms with Gasteiger partial charge in [-0.2, -0.15) is 0 Å². The Labute approximate surface area is 187 Å². The average molecular weight is 446 g/mol. The molecule has 160 valence electrons. The van der Waals surface area contributed by atoms with Gasteiger partial charge in [0, 0.05) is 5.56 Å². The third kappa shape index (κ3) is 3.76. The van der Waals surface area contributed by atoms with Crippen molar-refractivity contribution in [3.63, 3.8) is 0 Å². The van der Waals surface area contributed by atoms with E-state index in [1.807, 2.05) is 66.1 Å². The lowest BCUT2D eigenvalue weighted by Gasteiger charge is -2.10. The molecule has 0 radical (unpaired) electrons. The second-order valence-corrected chi connectivity index (χ2v) is 7.72. The van der Waals surface area contributed by atoms with Crippen molar-refractivity contribution in [1.29, 1.82) is 0 Å². The monoisotopic (exact) mass is 446 g/mol. The van der Waals surface area contributed by atoms with Gasteiger partial charge in [-0.1, -0.05) is 59.4 Å². The van der Waals surface area contributed by atoms with Crippen LogP contribution in [0, 0.1) is 6.92 Å². The fourth-order valence-corrected chi connectivity index (χ4v) is 4.03. The molecule has 2 aromatic carbocycles. The molecule has 5 rings (SSSR count). The largest absolute Gasteiger partial charge is 0.495 e. The van der Waals surface area contributed by atoms with Crippen LogP contribution in [0.1, 0.15) is 11.7 Å². The minimum atomic E-state index is 0.365. The van der Waals surface area contributed by atoms with Gasteiger partial charge in [-0.05, 0) is 19.1 Å². The van der Waals surface area contributed by atoms with Crippen molar-refractivity contribution in [3.05, 3.63) is 72.6 Å². The first-order chi connectivity index (χ1) is 15.7. The molecular weight excluding hydrogens is 428 g/mol. The Morgan fingerprint density at radius 3 is 2.66 bits per heavy atom. The Balaban J connectivity index is 1.38. The Morgan fingerprint density at radius 2 is 1.81 bits per heavy atom. The molecule has 0 amide bonds. The van der Waals surface area contributed by atoms with E-state index in [0.29, 0.717) is 39.7 Å². The quantitative estimate of drug-likeness (QED) is 0.332. The maximum Gasteiger partial charge on any atom is 0.253 e. The van der Waals surface area contributed by atoms with E-state index in [1.54, 1.807) is 13.4 Å². The highest BCUT2D eigenvalue weighted by Crippen LogP contribution is 2.34. The van der Waals surface area contributed by atoms with Gasteiger partial charge >= 0.3 is 0 Å². The Morgan fingerprint density at radius 1 is 1.00 bits per heavy atom. The van der Waals surface area contributed by atoms with Crippen LogP contribution in [0.5, 0.6) is 5.75 Å². The summed E-state index contributed by atoms with van der Waals surface area (Å²) in [5.41, 5.74) is 3.12. The highest BCUT2D eigenvalue weighted by molar-refractivity contribution is 7.98. The number of para-hydroxylation sites is 2. The van der Waals surface area contributed by atoms with Crippen LogP contribution in [0.4, 0.5) is 0 Å². The zero-order chi connectivity index (χ0) is 21.9. The molecule has 0 atom stereocenters. The zero-order valence-electron chi connectivity index (χ0n) is 17.3. The van der Waals surface area contributed by atoms with Crippen LogP contribution >= 0.6 is 11.8 Å². The highest BCUT2D eigenvalue weighted by atomic mass is 32.2. The standard InChI is InChI=1S/C22H18N6O3S/c1-14-19(20(27-31-14)15-8-4-3-5-9-15)21-25-24-18(30-21)12-32-22-26-23-13-28(22)16-10-6-7-11-17(16)29-2/h3-11,13H,12H2,1-2H3. The van der Waals surface area contributed by atoms with Gasteiger partial charge in [-0.15, -0.1) is 20.4 Å². The van der Waals surface area contributed by atoms with E-state index in [9.17, 15) is 0 Å². The van der Waals surface area contributed by atoms with Gasteiger partial charge in [0.1, 0.15) is 29.1 Å². The molecule has 0 aliphatic rings. The van der Waals surface area contributed by atoms with E-state index in [1.165, 1.54) is 11.8 Å². The molecule has 0 unspecified atom stereocenters. The van der Waals surface area contributed by atoms with E-state index in [-0.39, 0.29) is 0 Å². The minimum Gasteiger partial charge on any atom is -0.495 e. The van der Waals surface area contributed by atoms with Gasteiger partial charge in [0.05, 0.1) is 18.6 Å². The summed E-state index contributed by atoms with van der Waals surface area (Å²) in [6.07, 6.45) is 1.64. The van der Waals surface area contributed by atoms with E-state index in [0.717, 1.165) is 17.0 Å². The Hall–Kier alpha value is -3.92. The summed E-state index contributed by atoms with van der Waals surface area (Å²) in [6.45, 7) is 1.82. The van der Waals surface area contributed by atoms with Crippen LogP contribution in [0.25, 0.3) is 28.4 Å². The number of ether oxygens (including phenoxy) is 1. The summed E-state index contributed by atoms with van der Waals surface area (Å²) in [5.74, 6) is 2.59. The number of hydrogen-bond donors (Lipinski definition) is 0. The molecule has 3 aromatic heterocycles. The van der Waals surface area contributed by atoms with Crippen molar-refractivity contribution in [2.45, 2.75) is 17.8 Å². The first-order valence-corrected chi connectivity index (χ1v) is 10.7. The summed E-state index contributed by atoms with van der Waals surface area (Å²) < 4.78 is 18.6. The molecule has 9 nitrogen and oxygen atoms in total. The summed E-state index contributed by atoms with van der Waals surface area (Å²) in [4.78, 5) is 0. The molecule has 5 aromatic rings. The van der Waals surface area contributed by atoms with Crippen molar-refractivity contribution < 1.29 is 13.7 Å². The average Bonchev–Trinajstić information content (AvgIpc) is 3.57. The first kappa shape index (κ1) is 20.0. The van der Waals surface area contributed by atoms with Crippen molar-refractivity contribution in [1.82, 2.24) is 30.1 Å². The van der Waals surface area contributed by atoms with Crippen molar-refractivity contribution >= 4 is 11.8 Å². The van der Waals surface area contributed by atoms with Crippen molar-refractivity contribution in [2.75, 3.05) is 7.11 Å². The second-order valence-electron chi connectivity index (χ2n) is 6.77. The summed E-state index contributed by atoms with van der Waals surface area (Å²) >= 11 is 1.43. The number of aromatic nitrogens is 6. The zero-order valence-corrected chi connectivity index (χ0v) is 18.1. The Kier molecular flexibility index (Phi) is 5.42. The molecule has 32 heavy (non-hydrogen) atoms. The van der Waals surface area contributed by atoms with E-state index in [4.69, 9.17) is 13.7 Å². The number of benzene rings is 2. The van der Waals surface area contributed by atoms with Crippen LogP contribution in [-0.4, -0.2) is 37.2 Å². The molecule has 0 bridgehead atoms. The molecule has 0 saturated carbocycles. The minimum absolute atomic E-state index is 0.365. The SMILES string of the molecule is COc1ccccc1-n1cnnc1SCc1nnc(-c2c(-c3ccccc3)noc2C)o1. The molecule has 3 heterocycles. The van der Waals surface area contributed by atoms with Crippen molar-refractivity contribution in [3.8, 4) is 34.1 Å². The van der Waals surface area contributed by atoms with Crippen LogP contribution in [0.2, 0.25) is 0 Å². The Bertz CT molecular complexity index is 1340.